The highest BCUT2D eigenvalue weighted by Gasteiger charge is 2.08. The zero-order valence-electron chi connectivity index (χ0n) is 11.2. The molecule has 0 saturated heterocycles. The largest absolute Gasteiger partial charge is 0.398 e. The van der Waals surface area contributed by atoms with E-state index in [1.54, 1.807) is 12.4 Å². The fraction of sp³-hybridized carbons (Fsp3) is 0.200. The number of hydrogen-bond acceptors (Lipinski definition) is 4. The maximum absolute atomic E-state index is 6.08. The van der Waals surface area contributed by atoms with Crippen molar-refractivity contribution < 1.29 is 0 Å². The summed E-state index contributed by atoms with van der Waals surface area (Å²) in [5.41, 5.74) is 15.6. The Hall–Kier alpha value is -2.20. The highest BCUT2D eigenvalue weighted by Crippen LogP contribution is 2.26. The van der Waals surface area contributed by atoms with Crippen molar-refractivity contribution in [1.82, 2.24) is 9.97 Å². The monoisotopic (exact) mass is 254 g/mol. The summed E-state index contributed by atoms with van der Waals surface area (Å²) >= 11 is 0. The summed E-state index contributed by atoms with van der Waals surface area (Å²) in [7, 11) is 0. The van der Waals surface area contributed by atoms with Gasteiger partial charge < -0.3 is 11.5 Å². The van der Waals surface area contributed by atoms with E-state index >= 15 is 0 Å². The van der Waals surface area contributed by atoms with Gasteiger partial charge in [0.05, 0.1) is 6.04 Å². The zero-order valence-corrected chi connectivity index (χ0v) is 11.2. The summed E-state index contributed by atoms with van der Waals surface area (Å²) in [6.45, 7) is 3.80. The Morgan fingerprint density at radius 1 is 1.16 bits per heavy atom. The van der Waals surface area contributed by atoms with Gasteiger partial charge in [-0.1, -0.05) is 18.2 Å². The molecule has 0 fully saturated rings. The van der Waals surface area contributed by atoms with E-state index in [-0.39, 0.29) is 6.04 Å². The highest BCUT2D eigenvalue weighted by atomic mass is 14.8. The first kappa shape index (κ1) is 13.2. The minimum atomic E-state index is -0.198. The Balaban J connectivity index is 2.43. The van der Waals surface area contributed by atoms with Crippen LogP contribution in [0.5, 0.6) is 0 Å². The molecule has 0 aliphatic heterocycles. The fourth-order valence-electron chi connectivity index (χ4n) is 1.90. The summed E-state index contributed by atoms with van der Waals surface area (Å²) in [5, 5.41) is 0. The molecule has 1 atom stereocenters. The molecule has 19 heavy (non-hydrogen) atoms. The molecule has 2 aromatic rings. The molecule has 4 nitrogen and oxygen atoms in total. The molecule has 1 aromatic heterocycles. The normalized spacial score (nSPS) is 12.8. The van der Waals surface area contributed by atoms with Crippen molar-refractivity contribution in [2.45, 2.75) is 19.9 Å². The van der Waals surface area contributed by atoms with E-state index in [2.05, 4.69) is 9.97 Å². The van der Waals surface area contributed by atoms with Gasteiger partial charge in [-0.15, -0.1) is 0 Å². The van der Waals surface area contributed by atoms with Gasteiger partial charge in [0.1, 0.15) is 5.82 Å². The van der Waals surface area contributed by atoms with Gasteiger partial charge in [-0.2, -0.15) is 0 Å². The summed E-state index contributed by atoms with van der Waals surface area (Å²) in [6, 6.07) is 5.62. The molecule has 0 bridgehead atoms. The molecule has 0 aliphatic rings. The lowest BCUT2D eigenvalue weighted by molar-refractivity contribution is 0.913. The third-order valence-corrected chi connectivity index (χ3v) is 2.96. The van der Waals surface area contributed by atoms with Crippen molar-refractivity contribution in [1.29, 1.82) is 0 Å². The van der Waals surface area contributed by atoms with E-state index in [1.807, 2.05) is 44.2 Å². The Bertz CT molecular complexity index is 588. The minimum absolute atomic E-state index is 0.198. The van der Waals surface area contributed by atoms with Gasteiger partial charge in [-0.3, -0.25) is 0 Å². The first-order valence-electron chi connectivity index (χ1n) is 6.18. The van der Waals surface area contributed by atoms with Crippen LogP contribution in [0.3, 0.4) is 0 Å². The van der Waals surface area contributed by atoms with Crippen molar-refractivity contribution in [3.8, 4) is 11.1 Å². The van der Waals surface area contributed by atoms with E-state index in [9.17, 15) is 0 Å². The van der Waals surface area contributed by atoms with Crippen molar-refractivity contribution in [3.63, 3.8) is 0 Å². The Morgan fingerprint density at radius 2 is 1.84 bits per heavy atom. The predicted octanol–water partition coefficient (Wildman–Crippen LogP) is 2.61. The molecule has 0 spiro atoms. The number of aromatic nitrogens is 2. The van der Waals surface area contributed by atoms with Crippen LogP contribution in [0.2, 0.25) is 0 Å². The number of nitrogens with zero attached hydrogens (tertiary/aromatic N) is 2. The second-order valence-corrected chi connectivity index (χ2v) is 4.41. The molecule has 4 heteroatoms. The molecular weight excluding hydrogens is 236 g/mol. The third kappa shape index (κ3) is 2.98. The van der Waals surface area contributed by atoms with Gasteiger partial charge >= 0.3 is 0 Å². The van der Waals surface area contributed by atoms with Crippen LogP contribution in [-0.4, -0.2) is 9.97 Å². The maximum Gasteiger partial charge on any atom is 0.125 e. The fourth-order valence-corrected chi connectivity index (χ4v) is 1.90. The number of hydrogen-bond donors (Lipinski definition) is 2. The van der Waals surface area contributed by atoms with Gasteiger partial charge in [0.25, 0.3) is 0 Å². The molecule has 1 heterocycles. The van der Waals surface area contributed by atoms with Crippen LogP contribution >= 0.6 is 0 Å². The number of allylic oxidation sites excluding steroid dienone is 1. The Morgan fingerprint density at radius 3 is 2.47 bits per heavy atom. The number of rotatable bonds is 3. The lowest BCUT2D eigenvalue weighted by atomic mass is 9.99. The lowest BCUT2D eigenvalue weighted by Crippen LogP contribution is -2.09. The van der Waals surface area contributed by atoms with Gasteiger partial charge in [0.15, 0.2) is 0 Å². The highest BCUT2D eigenvalue weighted by molar-refractivity contribution is 5.67. The Labute approximate surface area is 113 Å². The SMILES string of the molecule is C/C=C/C(N)c1cc(-c2cnc(C)nc2)ccc1N. The molecule has 0 aliphatic carbocycles. The van der Waals surface area contributed by atoms with E-state index in [0.717, 1.165) is 22.5 Å². The quantitative estimate of drug-likeness (QED) is 0.652. The maximum atomic E-state index is 6.08. The van der Waals surface area contributed by atoms with E-state index < -0.39 is 0 Å². The average molecular weight is 254 g/mol. The average Bonchev–Trinajstić information content (AvgIpc) is 2.40. The van der Waals surface area contributed by atoms with E-state index in [4.69, 9.17) is 11.5 Å². The van der Waals surface area contributed by atoms with Crippen LogP contribution < -0.4 is 11.5 Å². The van der Waals surface area contributed by atoms with Crippen LogP contribution in [0.4, 0.5) is 5.69 Å². The van der Waals surface area contributed by atoms with Gasteiger partial charge in [0.2, 0.25) is 0 Å². The van der Waals surface area contributed by atoms with Crippen LogP contribution in [0.15, 0.2) is 42.7 Å². The molecule has 98 valence electrons. The van der Waals surface area contributed by atoms with Crippen LogP contribution in [-0.2, 0) is 0 Å². The number of benzene rings is 1. The second-order valence-electron chi connectivity index (χ2n) is 4.41. The number of nitrogens with two attached hydrogens (primary N) is 2. The van der Waals surface area contributed by atoms with Crippen molar-refractivity contribution in [2.75, 3.05) is 5.73 Å². The molecule has 0 radical (unpaired) electrons. The van der Waals surface area contributed by atoms with Gasteiger partial charge in [-0.25, -0.2) is 9.97 Å². The molecule has 4 N–H and O–H groups in total. The van der Waals surface area contributed by atoms with Gasteiger partial charge in [-0.05, 0) is 37.1 Å². The molecule has 1 aromatic carbocycles. The van der Waals surface area contributed by atoms with E-state index in [1.165, 1.54) is 0 Å². The zero-order chi connectivity index (χ0) is 13.8. The standard InChI is InChI=1S/C15H18N4/c1-3-4-14(16)13-7-11(5-6-15(13)17)12-8-18-10(2)19-9-12/h3-9,14H,16-17H2,1-2H3/b4-3+. The molecule has 0 amide bonds. The molecule has 0 saturated carbocycles. The summed E-state index contributed by atoms with van der Waals surface area (Å²) in [5.74, 6) is 0.755. The first-order valence-corrected chi connectivity index (χ1v) is 6.18. The van der Waals surface area contributed by atoms with Gasteiger partial charge in [0, 0.05) is 23.6 Å². The van der Waals surface area contributed by atoms with Crippen LogP contribution in [0.1, 0.15) is 24.4 Å². The minimum Gasteiger partial charge on any atom is -0.398 e. The van der Waals surface area contributed by atoms with Crippen molar-refractivity contribution in [3.05, 3.63) is 54.1 Å². The van der Waals surface area contributed by atoms with Crippen molar-refractivity contribution >= 4 is 5.69 Å². The van der Waals surface area contributed by atoms with E-state index in [0.29, 0.717) is 5.69 Å². The Kier molecular flexibility index (Phi) is 3.92. The third-order valence-electron chi connectivity index (χ3n) is 2.96. The number of nitrogen functional groups attached to an aromatic ring is 1. The molecule has 2 rings (SSSR count). The molecular formula is C15H18N4. The summed E-state index contributed by atoms with van der Waals surface area (Å²) in [4.78, 5) is 8.40. The smallest absolute Gasteiger partial charge is 0.125 e. The lowest BCUT2D eigenvalue weighted by Gasteiger charge is -2.12. The summed E-state index contributed by atoms with van der Waals surface area (Å²) in [6.07, 6.45) is 7.45. The summed E-state index contributed by atoms with van der Waals surface area (Å²) < 4.78 is 0. The van der Waals surface area contributed by atoms with Crippen molar-refractivity contribution in [2.24, 2.45) is 5.73 Å². The van der Waals surface area contributed by atoms with Crippen LogP contribution in [0.25, 0.3) is 11.1 Å². The number of anilines is 1. The predicted molar refractivity (Wildman–Crippen MR) is 78.4 cm³/mol. The first-order chi connectivity index (χ1) is 9.11. The second kappa shape index (κ2) is 5.63. The van der Waals surface area contributed by atoms with Crippen LogP contribution in [0, 0.1) is 6.92 Å². The number of aryl methyl sites for hydroxylation is 1. The molecule has 1 unspecified atom stereocenters. The topological polar surface area (TPSA) is 77.8 Å².